The zero-order chi connectivity index (χ0) is 27.1. The summed E-state index contributed by atoms with van der Waals surface area (Å²) in [6, 6.07) is 7.64. The van der Waals surface area contributed by atoms with Gasteiger partial charge in [-0.15, -0.1) is 0 Å². The maximum Gasteiger partial charge on any atom is 0.251 e. The Morgan fingerprint density at radius 3 is 2.32 bits per heavy atom. The number of amides is 3. The summed E-state index contributed by atoms with van der Waals surface area (Å²) in [6.07, 6.45) is 2.66. The van der Waals surface area contributed by atoms with E-state index in [1.54, 1.807) is 54.4 Å². The first kappa shape index (κ1) is 26.7. The first-order chi connectivity index (χ1) is 17.4. The van der Waals surface area contributed by atoms with Crippen LogP contribution in [0.4, 0.5) is 5.69 Å². The zero-order valence-corrected chi connectivity index (χ0v) is 22.7. The van der Waals surface area contributed by atoms with Gasteiger partial charge >= 0.3 is 0 Å². The lowest BCUT2D eigenvalue weighted by Crippen LogP contribution is -2.60. The molecule has 1 spiro atoms. The maximum absolute atomic E-state index is 13.6. The topological polar surface area (TPSA) is 95.0 Å². The van der Waals surface area contributed by atoms with E-state index in [-0.39, 0.29) is 29.2 Å². The molecule has 1 atom stereocenters. The molecule has 2 fully saturated rings. The van der Waals surface area contributed by atoms with Crippen molar-refractivity contribution >= 4 is 35.0 Å². The molecule has 1 aromatic heterocycles. The third-order valence-corrected chi connectivity index (χ3v) is 7.64. The van der Waals surface area contributed by atoms with Gasteiger partial charge in [0, 0.05) is 50.0 Å². The van der Waals surface area contributed by atoms with Gasteiger partial charge in [0.1, 0.15) is 11.6 Å². The molecule has 3 heterocycles. The Hall–Kier alpha value is -3.33. The number of nitrogens with zero attached hydrogens (tertiary/aromatic N) is 4. The van der Waals surface area contributed by atoms with Gasteiger partial charge in [-0.3, -0.25) is 19.2 Å². The molecule has 2 aliphatic heterocycles. The van der Waals surface area contributed by atoms with Crippen molar-refractivity contribution in [2.24, 2.45) is 13.0 Å². The molecule has 0 aliphatic carbocycles. The zero-order valence-electron chi connectivity index (χ0n) is 22.0. The number of piperidine rings is 1. The molecule has 4 rings (SSSR count). The summed E-state index contributed by atoms with van der Waals surface area (Å²) in [5, 5.41) is 3.37. The smallest absolute Gasteiger partial charge is 0.251 e. The molecule has 198 valence electrons. The van der Waals surface area contributed by atoms with Crippen LogP contribution in [0.5, 0.6) is 0 Å². The highest BCUT2D eigenvalue weighted by molar-refractivity contribution is 6.31. The number of halogens is 1. The number of hydrogen-bond donors (Lipinski definition) is 1. The summed E-state index contributed by atoms with van der Waals surface area (Å²) >= 11 is 6.12. The van der Waals surface area contributed by atoms with Crippen molar-refractivity contribution in [2.45, 2.75) is 45.2 Å². The van der Waals surface area contributed by atoms with Crippen molar-refractivity contribution in [1.82, 2.24) is 19.7 Å². The molecular formula is C27H34ClN5O4. The molecule has 2 aromatic rings. The lowest BCUT2D eigenvalue weighted by atomic mass is 9.85. The molecular weight excluding hydrogens is 494 g/mol. The summed E-state index contributed by atoms with van der Waals surface area (Å²) < 4.78 is 1.50. The number of carbonyl (C=O) groups is 3. The van der Waals surface area contributed by atoms with E-state index in [0.29, 0.717) is 43.2 Å². The van der Waals surface area contributed by atoms with Crippen LogP contribution in [0.1, 0.15) is 42.6 Å². The Labute approximate surface area is 222 Å². The highest BCUT2D eigenvalue weighted by Gasteiger charge is 2.53. The van der Waals surface area contributed by atoms with Crippen molar-refractivity contribution in [3.63, 3.8) is 0 Å². The van der Waals surface area contributed by atoms with E-state index in [4.69, 9.17) is 11.6 Å². The molecule has 2 aliphatic rings. The predicted octanol–water partition coefficient (Wildman–Crippen LogP) is 2.40. The SMILES string of the molecule is Cc1cc(Cl)cc(C(=O)N[C@@H](C(=O)N2CCC3(CC2)C(=O)N(C)CN3c2ccc(=O)n(C)c2)C(C)C)c1. The standard InChI is InChI=1S/C27H34ClN5O4/c1-17(2)23(29-24(35)19-12-18(3)13-20(28)14-19)25(36)32-10-8-27(9-11-32)26(37)31(5)16-33(27)21-6-7-22(34)30(4)15-21/h6-7,12-15,17,23H,8-11,16H2,1-5H3,(H,29,35)/t23-/m1/s1. The maximum atomic E-state index is 13.6. The minimum Gasteiger partial charge on any atom is -0.341 e. The van der Waals surface area contributed by atoms with E-state index in [1.807, 2.05) is 25.7 Å². The van der Waals surface area contributed by atoms with Gasteiger partial charge in [0.2, 0.25) is 17.4 Å². The highest BCUT2D eigenvalue weighted by atomic mass is 35.5. The van der Waals surface area contributed by atoms with Crippen LogP contribution in [0.2, 0.25) is 5.02 Å². The summed E-state index contributed by atoms with van der Waals surface area (Å²) in [7, 11) is 3.46. The van der Waals surface area contributed by atoms with Crippen LogP contribution in [0.15, 0.2) is 41.3 Å². The Kier molecular flexibility index (Phi) is 7.37. The van der Waals surface area contributed by atoms with E-state index in [9.17, 15) is 19.2 Å². The number of carbonyl (C=O) groups excluding carboxylic acids is 3. The first-order valence-electron chi connectivity index (χ1n) is 12.5. The van der Waals surface area contributed by atoms with Gasteiger partial charge in [-0.2, -0.15) is 0 Å². The van der Waals surface area contributed by atoms with Crippen LogP contribution in [-0.4, -0.2) is 70.5 Å². The average Bonchev–Trinajstić information content (AvgIpc) is 3.08. The number of nitrogens with one attached hydrogen (secondary N) is 1. The number of aryl methyl sites for hydroxylation is 2. The summed E-state index contributed by atoms with van der Waals surface area (Å²) in [5.74, 6) is -0.628. The molecule has 3 amide bonds. The third-order valence-electron chi connectivity index (χ3n) is 7.42. The molecule has 37 heavy (non-hydrogen) atoms. The minimum absolute atomic E-state index is 0.0125. The van der Waals surface area contributed by atoms with Crippen LogP contribution in [-0.2, 0) is 16.6 Å². The van der Waals surface area contributed by atoms with Crippen LogP contribution in [0.25, 0.3) is 0 Å². The third kappa shape index (κ3) is 5.09. The summed E-state index contributed by atoms with van der Waals surface area (Å²) in [5.41, 5.74) is 1.17. The van der Waals surface area contributed by atoms with Crippen LogP contribution >= 0.6 is 11.6 Å². The van der Waals surface area contributed by atoms with E-state index < -0.39 is 11.6 Å². The second-order valence-corrected chi connectivity index (χ2v) is 10.9. The van der Waals surface area contributed by atoms with Gasteiger partial charge in [-0.05, 0) is 55.5 Å². The number of aromatic nitrogens is 1. The van der Waals surface area contributed by atoms with Gasteiger partial charge in [-0.25, -0.2) is 0 Å². The molecule has 9 nitrogen and oxygen atoms in total. The summed E-state index contributed by atoms with van der Waals surface area (Å²) in [6.45, 7) is 6.83. The van der Waals surface area contributed by atoms with Gasteiger partial charge < -0.3 is 24.6 Å². The molecule has 2 saturated heterocycles. The average molecular weight is 528 g/mol. The van der Waals surface area contributed by atoms with Crippen LogP contribution in [0.3, 0.4) is 0 Å². The molecule has 10 heteroatoms. The Balaban J connectivity index is 1.51. The Morgan fingerprint density at radius 1 is 1.05 bits per heavy atom. The lowest BCUT2D eigenvalue weighted by Gasteiger charge is -2.44. The fourth-order valence-corrected chi connectivity index (χ4v) is 5.62. The van der Waals surface area contributed by atoms with Gasteiger partial charge in [0.05, 0.1) is 12.4 Å². The fourth-order valence-electron chi connectivity index (χ4n) is 5.33. The number of hydrogen-bond acceptors (Lipinski definition) is 5. The van der Waals surface area contributed by atoms with Gasteiger partial charge in [0.15, 0.2) is 0 Å². The van der Waals surface area contributed by atoms with Crippen LogP contribution < -0.4 is 15.8 Å². The van der Waals surface area contributed by atoms with Crippen LogP contribution in [0, 0.1) is 12.8 Å². The monoisotopic (exact) mass is 527 g/mol. The molecule has 1 N–H and O–H groups in total. The lowest BCUT2D eigenvalue weighted by molar-refractivity contribution is -0.139. The quantitative estimate of drug-likeness (QED) is 0.644. The normalized spacial score (nSPS) is 18.0. The number of likely N-dealkylation sites (N-methyl/N-ethyl adjacent to an activating group) is 1. The largest absolute Gasteiger partial charge is 0.341 e. The molecule has 0 unspecified atom stereocenters. The number of likely N-dealkylation sites (tertiary alicyclic amines) is 1. The number of anilines is 1. The molecule has 1 aromatic carbocycles. The van der Waals surface area contributed by atoms with Crippen molar-refractivity contribution in [1.29, 1.82) is 0 Å². The fraction of sp³-hybridized carbons (Fsp3) is 0.481. The Morgan fingerprint density at radius 2 is 1.73 bits per heavy atom. The predicted molar refractivity (Wildman–Crippen MR) is 143 cm³/mol. The van der Waals surface area contributed by atoms with Crippen molar-refractivity contribution < 1.29 is 14.4 Å². The van der Waals surface area contributed by atoms with E-state index in [2.05, 4.69) is 5.32 Å². The number of rotatable bonds is 5. The van der Waals surface area contributed by atoms with E-state index in [0.717, 1.165) is 11.3 Å². The second kappa shape index (κ2) is 10.2. The van der Waals surface area contributed by atoms with E-state index in [1.165, 1.54) is 10.6 Å². The molecule has 0 saturated carbocycles. The highest BCUT2D eigenvalue weighted by Crippen LogP contribution is 2.39. The first-order valence-corrected chi connectivity index (χ1v) is 12.9. The summed E-state index contributed by atoms with van der Waals surface area (Å²) in [4.78, 5) is 57.2. The van der Waals surface area contributed by atoms with Gasteiger partial charge in [0.25, 0.3) is 5.91 Å². The molecule has 0 radical (unpaired) electrons. The number of pyridine rings is 1. The van der Waals surface area contributed by atoms with Gasteiger partial charge in [-0.1, -0.05) is 25.4 Å². The van der Waals surface area contributed by atoms with E-state index >= 15 is 0 Å². The second-order valence-electron chi connectivity index (χ2n) is 10.5. The van der Waals surface area contributed by atoms with Crippen molar-refractivity contribution in [3.05, 3.63) is 63.0 Å². The number of benzene rings is 1. The minimum atomic E-state index is -0.780. The Bertz CT molecular complexity index is 1260. The molecule has 0 bridgehead atoms. The van der Waals surface area contributed by atoms with Crippen molar-refractivity contribution in [2.75, 3.05) is 31.7 Å². The van der Waals surface area contributed by atoms with Crippen molar-refractivity contribution in [3.8, 4) is 0 Å².